The average molecular weight is 444 g/mol. The Morgan fingerprint density at radius 1 is 1.45 bits per heavy atom. The van der Waals surface area contributed by atoms with Gasteiger partial charge in [0.25, 0.3) is 0 Å². The lowest BCUT2D eigenvalue weighted by Gasteiger charge is -2.32. The Labute approximate surface area is 155 Å². The molecule has 1 fully saturated rings. The van der Waals surface area contributed by atoms with Gasteiger partial charge in [-0.1, -0.05) is 0 Å². The third-order valence-electron chi connectivity index (χ3n) is 3.56. The van der Waals surface area contributed by atoms with Crippen molar-refractivity contribution in [2.45, 2.75) is 44.4 Å². The average Bonchev–Trinajstić information content (AvgIpc) is 2.46. The van der Waals surface area contributed by atoms with Crippen LogP contribution in [0, 0.1) is 0 Å². The minimum absolute atomic E-state index is 0. The summed E-state index contributed by atoms with van der Waals surface area (Å²) in [5, 5.41) is 3.25. The minimum Gasteiger partial charge on any atom is -0.450 e. The van der Waals surface area contributed by atoms with Crippen LogP contribution in [0.15, 0.2) is 4.99 Å². The van der Waals surface area contributed by atoms with Gasteiger partial charge in [0.05, 0.1) is 13.2 Å². The molecule has 1 rings (SSSR count). The van der Waals surface area contributed by atoms with Gasteiger partial charge in [-0.25, -0.2) is 4.79 Å². The second-order valence-corrected chi connectivity index (χ2v) is 7.28. The van der Waals surface area contributed by atoms with E-state index in [1.54, 1.807) is 16.7 Å². The summed E-state index contributed by atoms with van der Waals surface area (Å²) in [6, 6.07) is 0.275. The molecule has 1 amide bonds. The number of halogens is 1. The van der Waals surface area contributed by atoms with E-state index in [4.69, 9.17) is 10.5 Å². The normalized spacial score (nSPS) is 16.9. The molecular formula is C14H29IN4O2S. The van der Waals surface area contributed by atoms with Gasteiger partial charge in [-0.2, -0.15) is 11.8 Å². The predicted molar refractivity (Wildman–Crippen MR) is 104 cm³/mol. The third kappa shape index (κ3) is 7.75. The second-order valence-electron chi connectivity index (χ2n) is 5.77. The van der Waals surface area contributed by atoms with Crippen LogP contribution in [-0.4, -0.2) is 60.2 Å². The van der Waals surface area contributed by atoms with E-state index in [9.17, 15) is 4.79 Å². The SMILES string of the molecule is CCOC(=O)N1CCC(NC(N)=NCC(C)(C)SC)CC1.I. The highest BCUT2D eigenvalue weighted by atomic mass is 127. The lowest BCUT2D eigenvalue weighted by Crippen LogP contribution is -2.48. The largest absolute Gasteiger partial charge is 0.450 e. The number of thioether (sulfide) groups is 1. The van der Waals surface area contributed by atoms with Crippen molar-refractivity contribution in [1.82, 2.24) is 10.2 Å². The lowest BCUT2D eigenvalue weighted by molar-refractivity contribution is 0.0963. The number of hydrogen-bond acceptors (Lipinski definition) is 4. The van der Waals surface area contributed by atoms with Crippen molar-refractivity contribution in [3.8, 4) is 0 Å². The van der Waals surface area contributed by atoms with E-state index in [0.717, 1.165) is 12.8 Å². The van der Waals surface area contributed by atoms with Gasteiger partial charge < -0.3 is 20.7 Å². The number of carbonyl (C=O) groups is 1. The molecule has 3 N–H and O–H groups in total. The van der Waals surface area contributed by atoms with Gasteiger partial charge in [-0.05, 0) is 39.9 Å². The molecule has 0 aliphatic carbocycles. The van der Waals surface area contributed by atoms with Crippen molar-refractivity contribution in [1.29, 1.82) is 0 Å². The number of nitrogens with zero attached hydrogens (tertiary/aromatic N) is 2. The Hall–Kier alpha value is -0.380. The molecular weight excluding hydrogens is 415 g/mol. The molecule has 1 aliphatic rings. The maximum Gasteiger partial charge on any atom is 0.409 e. The molecule has 6 nitrogen and oxygen atoms in total. The van der Waals surface area contributed by atoms with Crippen LogP contribution in [0.25, 0.3) is 0 Å². The monoisotopic (exact) mass is 444 g/mol. The van der Waals surface area contributed by atoms with Crippen molar-refractivity contribution in [3.05, 3.63) is 0 Å². The zero-order valence-electron chi connectivity index (χ0n) is 13.9. The summed E-state index contributed by atoms with van der Waals surface area (Å²) in [6.07, 6.45) is 3.57. The highest BCUT2D eigenvalue weighted by Crippen LogP contribution is 2.21. The van der Waals surface area contributed by atoms with Crippen molar-refractivity contribution in [3.63, 3.8) is 0 Å². The summed E-state index contributed by atoms with van der Waals surface area (Å²) in [5.74, 6) is 0.492. The summed E-state index contributed by atoms with van der Waals surface area (Å²) in [6.45, 7) is 8.61. The van der Waals surface area contributed by atoms with Crippen LogP contribution in [0.4, 0.5) is 4.79 Å². The van der Waals surface area contributed by atoms with Crippen molar-refractivity contribution in [2.24, 2.45) is 10.7 Å². The number of carbonyl (C=O) groups excluding carboxylic acids is 1. The maximum absolute atomic E-state index is 11.6. The number of nitrogens with one attached hydrogen (secondary N) is 1. The quantitative estimate of drug-likeness (QED) is 0.387. The van der Waals surface area contributed by atoms with E-state index >= 15 is 0 Å². The molecule has 8 heteroatoms. The first-order chi connectivity index (χ1) is 9.88. The number of piperidine rings is 1. The van der Waals surface area contributed by atoms with Crippen LogP contribution >= 0.6 is 35.7 Å². The maximum atomic E-state index is 11.6. The standard InChI is InChI=1S/C14H28N4O2S.HI/c1-5-20-13(19)18-8-6-11(7-9-18)17-12(15)16-10-14(2,3)21-4;/h11H,5-10H2,1-4H3,(H3,15,16,17);1H. The Kier molecular flexibility index (Phi) is 10.2. The van der Waals surface area contributed by atoms with Crippen molar-refractivity contribution < 1.29 is 9.53 Å². The molecule has 0 bridgehead atoms. The molecule has 0 aromatic rings. The highest BCUT2D eigenvalue weighted by Gasteiger charge is 2.24. The Bertz CT molecular complexity index is 372. The zero-order chi connectivity index (χ0) is 15.9. The molecule has 0 saturated carbocycles. The molecule has 0 spiro atoms. The first-order valence-corrected chi connectivity index (χ1v) is 8.63. The van der Waals surface area contributed by atoms with Crippen LogP contribution in [-0.2, 0) is 4.74 Å². The summed E-state index contributed by atoms with van der Waals surface area (Å²) in [4.78, 5) is 17.7. The number of likely N-dealkylation sites (tertiary alicyclic amines) is 1. The topological polar surface area (TPSA) is 80.0 Å². The molecule has 0 atom stereocenters. The molecule has 0 radical (unpaired) electrons. The van der Waals surface area contributed by atoms with Gasteiger partial charge >= 0.3 is 6.09 Å². The molecule has 1 saturated heterocycles. The van der Waals surface area contributed by atoms with Gasteiger partial charge in [-0.3, -0.25) is 4.99 Å². The number of rotatable bonds is 5. The van der Waals surface area contributed by atoms with Crippen LogP contribution in [0.3, 0.4) is 0 Å². The fourth-order valence-electron chi connectivity index (χ4n) is 2.02. The van der Waals surface area contributed by atoms with Crippen LogP contribution in [0.1, 0.15) is 33.6 Å². The van der Waals surface area contributed by atoms with E-state index in [-0.39, 0.29) is 40.9 Å². The predicted octanol–water partition coefficient (Wildman–Crippen LogP) is 2.27. The van der Waals surface area contributed by atoms with Crippen LogP contribution in [0.5, 0.6) is 0 Å². The summed E-state index contributed by atoms with van der Waals surface area (Å²) >= 11 is 1.77. The molecule has 0 aromatic carbocycles. The van der Waals surface area contributed by atoms with Gasteiger partial charge in [0.2, 0.25) is 0 Å². The lowest BCUT2D eigenvalue weighted by atomic mass is 10.1. The van der Waals surface area contributed by atoms with Crippen molar-refractivity contribution >= 4 is 47.8 Å². The number of ether oxygens (including phenoxy) is 1. The van der Waals surface area contributed by atoms with Gasteiger partial charge in [0.1, 0.15) is 0 Å². The Morgan fingerprint density at radius 2 is 2.05 bits per heavy atom. The van der Waals surface area contributed by atoms with Gasteiger partial charge in [0.15, 0.2) is 5.96 Å². The van der Waals surface area contributed by atoms with Gasteiger partial charge in [-0.15, -0.1) is 24.0 Å². The molecule has 22 heavy (non-hydrogen) atoms. The number of aliphatic imine (C=N–C) groups is 1. The molecule has 1 aliphatic heterocycles. The fourth-order valence-corrected chi connectivity index (χ4v) is 2.21. The first-order valence-electron chi connectivity index (χ1n) is 7.41. The number of hydrogen-bond donors (Lipinski definition) is 2. The minimum atomic E-state index is -0.223. The van der Waals surface area contributed by atoms with E-state index in [0.29, 0.717) is 32.2 Å². The third-order valence-corrected chi connectivity index (χ3v) is 4.79. The summed E-state index contributed by atoms with van der Waals surface area (Å²) in [7, 11) is 0. The molecule has 1 heterocycles. The molecule has 0 unspecified atom stereocenters. The number of nitrogens with two attached hydrogens (primary N) is 1. The smallest absolute Gasteiger partial charge is 0.409 e. The molecule has 130 valence electrons. The van der Waals surface area contributed by atoms with Crippen molar-refractivity contribution in [2.75, 3.05) is 32.5 Å². The highest BCUT2D eigenvalue weighted by molar-refractivity contribution is 14.0. The number of guanidine groups is 1. The van der Waals surface area contributed by atoms with Gasteiger partial charge in [0, 0.05) is 23.9 Å². The second kappa shape index (κ2) is 10.4. The number of amides is 1. The summed E-state index contributed by atoms with van der Waals surface area (Å²) < 4.78 is 5.10. The fraction of sp³-hybridized carbons (Fsp3) is 0.857. The Balaban J connectivity index is 0.00000441. The van der Waals surface area contributed by atoms with E-state index in [1.807, 2.05) is 6.92 Å². The van der Waals surface area contributed by atoms with E-state index in [2.05, 4.69) is 30.4 Å². The summed E-state index contributed by atoms with van der Waals surface area (Å²) in [5.41, 5.74) is 5.93. The van der Waals surface area contributed by atoms with Crippen LogP contribution < -0.4 is 11.1 Å². The van der Waals surface area contributed by atoms with Crippen LogP contribution in [0.2, 0.25) is 0 Å². The van der Waals surface area contributed by atoms with E-state index in [1.165, 1.54) is 0 Å². The first kappa shape index (κ1) is 21.6. The zero-order valence-corrected chi connectivity index (χ0v) is 17.1. The Morgan fingerprint density at radius 3 is 2.55 bits per heavy atom. The molecule has 0 aromatic heterocycles. The van der Waals surface area contributed by atoms with E-state index < -0.39 is 0 Å².